The van der Waals surface area contributed by atoms with Gasteiger partial charge in [0, 0.05) is 28.1 Å². The molecule has 0 unspecified atom stereocenters. The van der Waals surface area contributed by atoms with Crippen molar-refractivity contribution in [1.82, 2.24) is 0 Å². The second-order valence-electron chi connectivity index (χ2n) is 8.48. The first-order chi connectivity index (χ1) is 16.4. The predicted molar refractivity (Wildman–Crippen MR) is 135 cm³/mol. The van der Waals surface area contributed by atoms with Crippen LogP contribution in [0.5, 0.6) is 0 Å². The van der Waals surface area contributed by atoms with Crippen molar-refractivity contribution >= 4 is 46.3 Å². The highest BCUT2D eigenvalue weighted by Gasteiger charge is 2.39. The predicted octanol–water partition coefficient (Wildman–Crippen LogP) is 6.62. The lowest BCUT2D eigenvalue weighted by molar-refractivity contribution is -0.122. The minimum atomic E-state index is -0.432. The largest absolute Gasteiger partial charge is 0.465 e. The minimum Gasteiger partial charge on any atom is -0.465 e. The standard InChI is InChI=1S/C27H22Cl2N2O3/c1-34-27(33)17-4-2-16(3-5-17)26-25-23(30-22-14-20(29)10-11-21(22)31-26)12-18(13-24(25)32)15-6-8-19(28)9-7-15/h2-12,14,18,25-26,30-31H,13H2,1H3/t18-,25+,26-/m0/s1. The van der Waals surface area contributed by atoms with Gasteiger partial charge in [-0.2, -0.15) is 0 Å². The summed E-state index contributed by atoms with van der Waals surface area (Å²) in [5.74, 6) is -0.772. The Morgan fingerprint density at radius 1 is 0.912 bits per heavy atom. The van der Waals surface area contributed by atoms with Gasteiger partial charge in [0.15, 0.2) is 0 Å². The summed E-state index contributed by atoms with van der Waals surface area (Å²) in [6.07, 6.45) is 2.51. The van der Waals surface area contributed by atoms with Crippen LogP contribution < -0.4 is 10.6 Å². The third kappa shape index (κ3) is 4.29. The summed E-state index contributed by atoms with van der Waals surface area (Å²) in [4.78, 5) is 25.5. The first-order valence-corrected chi connectivity index (χ1v) is 11.7. The van der Waals surface area contributed by atoms with E-state index in [4.69, 9.17) is 27.9 Å². The number of anilines is 2. The Hall–Kier alpha value is -3.28. The molecule has 3 aromatic carbocycles. The molecule has 172 valence electrons. The molecular weight excluding hydrogens is 471 g/mol. The van der Waals surface area contributed by atoms with Crippen LogP contribution in [0, 0.1) is 5.92 Å². The number of benzene rings is 3. The van der Waals surface area contributed by atoms with Crippen molar-refractivity contribution < 1.29 is 14.3 Å². The topological polar surface area (TPSA) is 67.4 Å². The Kier molecular flexibility index (Phi) is 6.07. The fourth-order valence-electron chi connectivity index (χ4n) is 4.68. The first kappa shape index (κ1) is 22.5. The van der Waals surface area contributed by atoms with Crippen molar-refractivity contribution in [2.45, 2.75) is 18.4 Å². The summed E-state index contributed by atoms with van der Waals surface area (Å²) in [6, 6.07) is 20.0. The number of fused-ring (bicyclic) bond motifs is 2. The Morgan fingerprint density at radius 2 is 1.59 bits per heavy atom. The van der Waals surface area contributed by atoms with Gasteiger partial charge in [-0.1, -0.05) is 53.5 Å². The quantitative estimate of drug-likeness (QED) is 0.402. The molecule has 5 nitrogen and oxygen atoms in total. The van der Waals surface area contributed by atoms with Gasteiger partial charge in [0.05, 0.1) is 36.0 Å². The van der Waals surface area contributed by atoms with Gasteiger partial charge in [0.25, 0.3) is 0 Å². The molecule has 34 heavy (non-hydrogen) atoms. The molecule has 0 saturated heterocycles. The zero-order valence-corrected chi connectivity index (χ0v) is 19.9. The van der Waals surface area contributed by atoms with Gasteiger partial charge in [-0.15, -0.1) is 0 Å². The van der Waals surface area contributed by atoms with Gasteiger partial charge in [-0.05, 0) is 53.6 Å². The highest BCUT2D eigenvalue weighted by Crippen LogP contribution is 2.45. The number of ketones is 1. The van der Waals surface area contributed by atoms with Gasteiger partial charge in [0.1, 0.15) is 5.78 Å². The first-order valence-electron chi connectivity index (χ1n) is 10.9. The summed E-state index contributed by atoms with van der Waals surface area (Å²) < 4.78 is 4.81. The van der Waals surface area contributed by atoms with E-state index in [2.05, 4.69) is 16.7 Å². The van der Waals surface area contributed by atoms with Gasteiger partial charge < -0.3 is 15.4 Å². The Bertz CT molecular complexity index is 1290. The van der Waals surface area contributed by atoms with Crippen molar-refractivity contribution in [3.05, 3.63) is 105 Å². The van der Waals surface area contributed by atoms with Crippen molar-refractivity contribution in [1.29, 1.82) is 0 Å². The van der Waals surface area contributed by atoms with Crippen molar-refractivity contribution in [3.63, 3.8) is 0 Å². The van der Waals surface area contributed by atoms with Crippen molar-refractivity contribution in [2.75, 3.05) is 17.7 Å². The van der Waals surface area contributed by atoms with E-state index in [-0.39, 0.29) is 17.7 Å². The SMILES string of the molecule is COC(=O)c1ccc([C@@H]2Nc3ccc(Cl)cc3NC3=C[C@H](c4ccc(Cl)cc4)CC(=O)[C@@H]32)cc1. The third-order valence-corrected chi connectivity index (χ3v) is 6.86. The van der Waals surface area contributed by atoms with Gasteiger partial charge >= 0.3 is 5.97 Å². The molecular formula is C27H22Cl2N2O3. The number of Topliss-reactive ketones (excluding diaryl/α,β-unsaturated/α-hetero) is 1. The minimum absolute atomic E-state index is 0.0633. The average molecular weight is 493 g/mol. The molecule has 0 fully saturated rings. The van der Waals surface area contributed by atoms with Gasteiger partial charge in [-0.25, -0.2) is 4.79 Å². The van der Waals surface area contributed by atoms with E-state index in [1.807, 2.05) is 54.6 Å². The number of halogens is 2. The normalized spacial score (nSPS) is 21.2. The third-order valence-electron chi connectivity index (χ3n) is 6.38. The highest BCUT2D eigenvalue weighted by molar-refractivity contribution is 6.31. The maximum Gasteiger partial charge on any atom is 0.337 e. The maximum atomic E-state index is 13.6. The number of nitrogens with one attached hydrogen (secondary N) is 2. The molecule has 0 amide bonds. The van der Waals surface area contributed by atoms with Gasteiger partial charge in [0.2, 0.25) is 0 Å². The van der Waals surface area contributed by atoms with Crippen LogP contribution in [-0.4, -0.2) is 18.9 Å². The number of ether oxygens (including phenoxy) is 1. The molecule has 1 aliphatic heterocycles. The van der Waals surface area contributed by atoms with E-state index in [0.29, 0.717) is 22.0 Å². The number of methoxy groups -OCH3 is 1. The Morgan fingerprint density at radius 3 is 2.29 bits per heavy atom. The number of carbonyl (C=O) groups is 2. The Labute approximate surface area is 207 Å². The van der Waals surface area contributed by atoms with E-state index < -0.39 is 11.9 Å². The number of carbonyl (C=O) groups excluding carboxylic acids is 2. The van der Waals surface area contributed by atoms with E-state index in [0.717, 1.165) is 28.2 Å². The van der Waals surface area contributed by atoms with Crippen LogP contribution in [0.1, 0.15) is 39.9 Å². The van der Waals surface area contributed by atoms with Crippen LogP contribution in [-0.2, 0) is 9.53 Å². The molecule has 2 aliphatic rings. The second kappa shape index (κ2) is 9.16. The molecule has 5 rings (SSSR count). The fraction of sp³-hybridized carbons (Fsp3) is 0.185. The molecule has 1 aliphatic carbocycles. The zero-order chi connectivity index (χ0) is 23.8. The second-order valence-corrected chi connectivity index (χ2v) is 9.35. The molecule has 0 radical (unpaired) electrons. The number of esters is 1. The summed E-state index contributed by atoms with van der Waals surface area (Å²) in [7, 11) is 1.35. The smallest absolute Gasteiger partial charge is 0.337 e. The zero-order valence-electron chi connectivity index (χ0n) is 18.3. The molecule has 0 spiro atoms. The van der Waals surface area contributed by atoms with Crippen LogP contribution in [0.25, 0.3) is 0 Å². The fourth-order valence-corrected chi connectivity index (χ4v) is 4.98. The van der Waals surface area contributed by atoms with E-state index in [9.17, 15) is 9.59 Å². The lowest BCUT2D eigenvalue weighted by Gasteiger charge is -2.32. The number of hydrogen-bond donors (Lipinski definition) is 2. The van der Waals surface area contributed by atoms with Crippen LogP contribution in [0.3, 0.4) is 0 Å². The van der Waals surface area contributed by atoms with Crippen LogP contribution in [0.4, 0.5) is 11.4 Å². The van der Waals surface area contributed by atoms with Crippen molar-refractivity contribution in [2.24, 2.45) is 5.92 Å². The monoisotopic (exact) mass is 492 g/mol. The van der Waals surface area contributed by atoms with E-state index in [1.54, 1.807) is 12.1 Å². The van der Waals surface area contributed by atoms with Crippen LogP contribution in [0.15, 0.2) is 78.5 Å². The summed E-state index contributed by atoms with van der Waals surface area (Å²) in [6.45, 7) is 0. The van der Waals surface area contributed by atoms with Gasteiger partial charge in [-0.3, -0.25) is 4.79 Å². The van der Waals surface area contributed by atoms with Crippen molar-refractivity contribution in [3.8, 4) is 0 Å². The summed E-state index contributed by atoms with van der Waals surface area (Å²) in [5, 5.41) is 8.28. The van der Waals surface area contributed by atoms with E-state index >= 15 is 0 Å². The van der Waals surface area contributed by atoms with Crippen LogP contribution >= 0.6 is 23.2 Å². The Balaban J connectivity index is 1.59. The van der Waals surface area contributed by atoms with E-state index in [1.165, 1.54) is 7.11 Å². The van der Waals surface area contributed by atoms with Crippen LogP contribution in [0.2, 0.25) is 10.0 Å². The molecule has 1 heterocycles. The molecule has 0 bridgehead atoms. The lowest BCUT2D eigenvalue weighted by atomic mass is 9.76. The lowest BCUT2D eigenvalue weighted by Crippen LogP contribution is -2.33. The number of hydrogen-bond acceptors (Lipinski definition) is 5. The average Bonchev–Trinajstić information content (AvgIpc) is 3.00. The number of rotatable bonds is 3. The molecule has 7 heteroatoms. The summed E-state index contributed by atoms with van der Waals surface area (Å²) >= 11 is 12.3. The molecule has 0 aromatic heterocycles. The number of allylic oxidation sites excluding steroid dienone is 1. The maximum absolute atomic E-state index is 13.6. The molecule has 3 aromatic rings. The summed E-state index contributed by atoms with van der Waals surface area (Å²) in [5.41, 5.74) is 4.87. The molecule has 3 atom stereocenters. The molecule has 2 N–H and O–H groups in total. The molecule has 0 saturated carbocycles. The highest BCUT2D eigenvalue weighted by atomic mass is 35.5.